The Morgan fingerprint density at radius 1 is 0.218 bits per heavy atom. The fraction of sp³-hybridized carbons (Fsp3) is 0.356. The summed E-state index contributed by atoms with van der Waals surface area (Å²) in [5.41, 5.74) is 50.1. The van der Waals surface area contributed by atoms with Crippen molar-refractivity contribution in [1.29, 1.82) is 0 Å². The van der Waals surface area contributed by atoms with Crippen LogP contribution >= 0.6 is 77.5 Å². The summed E-state index contributed by atoms with van der Waals surface area (Å²) in [6.07, 6.45) is 12.9. The summed E-state index contributed by atoms with van der Waals surface area (Å²) in [4.78, 5) is 36.2. The Hall–Kier alpha value is -6.95. The van der Waals surface area contributed by atoms with Crippen molar-refractivity contribution < 1.29 is 54.1 Å². The average molecular weight is 2420 g/mol. The fourth-order valence-electron chi connectivity index (χ4n) is 20.0. The molecule has 16 rings (SSSR count). The maximum absolute atomic E-state index is 5.71. The van der Waals surface area contributed by atoms with E-state index in [1.54, 1.807) is 12.4 Å². The number of rotatable bonds is 20. The van der Waals surface area contributed by atoms with Gasteiger partial charge in [-0.1, -0.05) is 142 Å². The van der Waals surface area contributed by atoms with E-state index in [1.165, 1.54) is 185 Å². The van der Waals surface area contributed by atoms with Crippen LogP contribution < -0.4 is 39.2 Å². The molecule has 0 spiro atoms. The van der Waals surface area contributed by atoms with Crippen LogP contribution in [-0.2, 0) is 79.8 Å². The molecule has 0 N–H and O–H groups in total. The summed E-state index contributed by atoms with van der Waals surface area (Å²) >= 11 is -6.25. The van der Waals surface area contributed by atoms with E-state index in [1.807, 2.05) is 92.2 Å². The molecule has 12 aromatic rings. The molecule has 772 valence electrons. The predicted molar refractivity (Wildman–Crippen MR) is 612 cm³/mol. The second-order valence-corrected chi connectivity index (χ2v) is 61.5. The van der Waals surface area contributed by atoms with Crippen molar-refractivity contribution in [1.82, 2.24) is 19.9 Å². The Kier molecular flexibility index (Phi) is 49.0. The van der Waals surface area contributed by atoms with E-state index in [0.29, 0.717) is 0 Å². The summed E-state index contributed by atoms with van der Waals surface area (Å²) in [5, 5.41) is 0. The molecule has 0 bridgehead atoms. The molecular weight excluding hydrogens is 2270 g/mol. The topological polar surface area (TPSA) is 77.5 Å². The Morgan fingerprint density at radius 2 is 0.408 bits per heavy atom. The average Bonchev–Trinajstić information content (AvgIpc) is 1.65. The number of hydrogen-bond acceptors (Lipinski definition) is 12. The van der Waals surface area contributed by atoms with Crippen molar-refractivity contribution in [3.63, 3.8) is 0 Å². The van der Waals surface area contributed by atoms with Crippen molar-refractivity contribution in [2.75, 3.05) is 91.6 Å². The van der Waals surface area contributed by atoms with Gasteiger partial charge in [0.25, 0.3) is 0 Å². The quantitative estimate of drug-likeness (QED) is 0.0539. The second-order valence-electron chi connectivity index (χ2n) is 37.8. The van der Waals surface area contributed by atoms with Crippen LogP contribution in [0.4, 0.5) is 45.5 Å². The van der Waals surface area contributed by atoms with Gasteiger partial charge < -0.3 is 39.2 Å². The van der Waals surface area contributed by atoms with Crippen LogP contribution in [0.1, 0.15) is 193 Å². The molecule has 0 radical (unpaired) electrons. The summed E-state index contributed by atoms with van der Waals surface area (Å²) < 4.78 is 8.03. The van der Waals surface area contributed by atoms with Crippen LogP contribution in [-0.4, -0.2) is 90.7 Å². The van der Waals surface area contributed by atoms with Gasteiger partial charge in [0.1, 0.15) is 0 Å². The van der Waals surface area contributed by atoms with Gasteiger partial charge in [0.05, 0.1) is 0 Å². The van der Waals surface area contributed by atoms with Gasteiger partial charge in [-0.25, -0.2) is 0 Å². The minimum atomic E-state index is -1.57. The van der Waals surface area contributed by atoms with Gasteiger partial charge in [0, 0.05) is 97.9 Å². The third kappa shape index (κ3) is 37.4. The molecule has 8 aromatic carbocycles. The first-order valence-corrected chi connectivity index (χ1v) is 70.4. The Morgan fingerprint density at radius 3 is 0.592 bits per heavy atom. The molecule has 0 atom stereocenters. The van der Waals surface area contributed by atoms with E-state index in [0.717, 1.165) is 132 Å². The third-order valence-electron chi connectivity index (χ3n) is 24.6. The van der Waals surface area contributed by atoms with Gasteiger partial charge in [-0.3, -0.25) is 0 Å². The number of benzene rings is 8. The van der Waals surface area contributed by atoms with Gasteiger partial charge in [-0.2, -0.15) is 26.7 Å². The molecule has 24 heteroatoms. The van der Waals surface area contributed by atoms with Gasteiger partial charge in [-0.15, -0.1) is 0 Å². The molecule has 0 aliphatic carbocycles. The standard InChI is InChI=1S/4C21H27N2.2C9H11N.2C8H9N.8ClH.4Ru/c4*1-14-9-16(3)20(17(4)10-14)22-7-8-23(13-22)21-18(5)11-15(2)12-19(21)6;1-3-5-9-7-4-6-8(2)10-9;1-3-4-9-7-8(2)5-6-10-9;2*1-2-5-8-6-3-4-7-9-8;;;;;;;;;;;;/h4*9-13H,7-8H2,1-6H3;1,4,6-7H,3,5H2,2H3;1,5-7H,3-4H2,2H3;2*1,3-4,6-7H,2,5H2;8*1H;;;;/q4*-1;;;;;;;;;;;;;4*+2/p-8. The SMILES string of the molecule is Cc1cc(C)c(N2[CH-]N(c3c(C)cc(C)cc3C)CC2)c(C)c1.Cc1cc(C)c(N2[CH-]N(c3c(C)cc(C)cc3C)CC2)c(C)c1.Cc1cc(C)c(N2[CH-]N(c3c(C)cc(C)cc3C)CC2)c(C)c1.Cc1cc(C)c(N2[CH-]N(c3c(C)cc(C)cc3C)CC2)c(C)c1.Cc1cccc(CC[CH]=[Ru]([Cl])[Cl])n1.Cc1ccnc(CC[CH]=[Ru]([Cl])[Cl])c1.[Cl][Ru]([Cl])=[CH]CCc1ccccn1.[Cl][Ru]([Cl])=[CH]CCc1ccccn1. The third-order valence-corrected chi connectivity index (χ3v) is 34.0. The molecular formula is C118H148Cl8N12Ru4-4. The Labute approximate surface area is 905 Å². The van der Waals surface area contributed by atoms with Crippen molar-refractivity contribution in [3.8, 4) is 0 Å². The first-order valence-electron chi connectivity index (χ1n) is 48.5. The molecule has 4 aromatic heterocycles. The molecule has 4 saturated heterocycles. The number of nitrogens with zero attached hydrogens (tertiary/aromatic N) is 12. The van der Waals surface area contributed by atoms with E-state index in [-0.39, 0.29) is 0 Å². The van der Waals surface area contributed by atoms with Crippen LogP contribution in [0.15, 0.2) is 182 Å². The predicted octanol–water partition coefficient (Wildman–Crippen LogP) is 31.5. The Bertz CT molecular complexity index is 5260. The molecule has 0 unspecified atom stereocenters. The maximum atomic E-state index is 5.71. The monoisotopic (exact) mass is 2420 g/mol. The molecule has 8 heterocycles. The van der Waals surface area contributed by atoms with Gasteiger partial charge in [0.15, 0.2) is 0 Å². The first-order chi connectivity index (χ1) is 67.4. The van der Waals surface area contributed by atoms with Crippen LogP contribution in [0.5, 0.6) is 0 Å². The van der Waals surface area contributed by atoms with E-state index in [9.17, 15) is 0 Å². The first kappa shape index (κ1) is 119. The van der Waals surface area contributed by atoms with E-state index < -0.39 is 54.1 Å². The van der Waals surface area contributed by atoms with Crippen LogP contribution in [0.3, 0.4) is 0 Å². The number of pyridine rings is 4. The molecule has 142 heavy (non-hydrogen) atoms. The van der Waals surface area contributed by atoms with Crippen LogP contribution in [0.2, 0.25) is 0 Å². The summed E-state index contributed by atoms with van der Waals surface area (Å²) in [6, 6.07) is 58.4. The number of aromatic nitrogens is 4. The minimum absolute atomic E-state index is 0.933. The van der Waals surface area contributed by atoms with Crippen LogP contribution in [0.25, 0.3) is 0 Å². The summed E-state index contributed by atoms with van der Waals surface area (Å²) in [5.74, 6) is 0. The molecule has 4 aliphatic heterocycles. The van der Waals surface area contributed by atoms with E-state index in [2.05, 4.69) is 362 Å². The fourth-order valence-corrected chi connectivity index (χ4v) is 26.2. The second kappa shape index (κ2) is 58.7. The summed E-state index contributed by atoms with van der Waals surface area (Å²) in [7, 11) is 45.5. The molecule has 4 aliphatic rings. The normalized spacial score (nSPS) is 13.4. The van der Waals surface area contributed by atoms with Gasteiger partial charge >= 0.3 is 355 Å². The van der Waals surface area contributed by atoms with Crippen molar-refractivity contribution in [2.45, 2.75) is 231 Å². The van der Waals surface area contributed by atoms with Crippen molar-refractivity contribution >= 4 is 141 Å². The van der Waals surface area contributed by atoms with Gasteiger partial charge in [0.2, 0.25) is 0 Å². The van der Waals surface area contributed by atoms with Crippen molar-refractivity contribution in [3.05, 3.63) is 377 Å². The Balaban J connectivity index is 0.000000184. The molecule has 4 fully saturated rings. The number of anilines is 8. The van der Waals surface area contributed by atoms with Gasteiger partial charge in [-0.05, 0) is 255 Å². The zero-order valence-corrected chi connectivity index (χ0v) is 101. The number of hydrogen-bond donors (Lipinski definition) is 0. The van der Waals surface area contributed by atoms with E-state index in [4.69, 9.17) is 77.5 Å². The van der Waals surface area contributed by atoms with Crippen molar-refractivity contribution in [2.24, 2.45) is 0 Å². The summed E-state index contributed by atoms with van der Waals surface area (Å²) in [6.45, 7) is 74.3. The zero-order valence-electron chi connectivity index (χ0n) is 88.1. The number of aryl methyl sites for hydroxylation is 30. The molecule has 0 saturated carbocycles. The number of halogens is 8. The zero-order chi connectivity index (χ0) is 104. The molecule has 12 nitrogen and oxygen atoms in total. The molecule has 0 amide bonds. The van der Waals surface area contributed by atoms with E-state index >= 15 is 0 Å². The van der Waals surface area contributed by atoms with Crippen LogP contribution in [0, 0.1) is 207 Å².